The maximum atomic E-state index is 13.9. The molecule has 2 nitrogen and oxygen atoms in total. The smallest absolute Gasteiger partial charge is 0.339 e. The van der Waals surface area contributed by atoms with Crippen LogP contribution in [0.2, 0.25) is 0 Å². The molecule has 0 heterocycles. The van der Waals surface area contributed by atoms with Crippen LogP contribution in [0.25, 0.3) is 0 Å². The first-order valence-electron chi connectivity index (χ1n) is 11.1. The van der Waals surface area contributed by atoms with E-state index in [4.69, 9.17) is 4.74 Å². The molecule has 0 amide bonds. The summed E-state index contributed by atoms with van der Waals surface area (Å²) < 4.78 is 46.0. The van der Waals surface area contributed by atoms with Gasteiger partial charge in [-0.15, -0.1) is 0 Å². The minimum atomic E-state index is -1.60. The average Bonchev–Trinajstić information content (AvgIpc) is 2.88. The summed E-state index contributed by atoms with van der Waals surface area (Å²) in [5, 5.41) is 0. The zero-order chi connectivity index (χ0) is 25.7. The van der Waals surface area contributed by atoms with Crippen LogP contribution in [0.5, 0.6) is 0 Å². The highest BCUT2D eigenvalue weighted by Gasteiger charge is 2.29. The molecule has 0 N–H and O–H groups in total. The Bertz CT molecular complexity index is 1390. The van der Waals surface area contributed by atoms with Gasteiger partial charge in [0, 0.05) is 0 Å². The van der Waals surface area contributed by atoms with Gasteiger partial charge in [0.1, 0.15) is 0 Å². The Hall–Kier alpha value is -3.95. The lowest BCUT2D eigenvalue weighted by atomic mass is 10.1. The minimum absolute atomic E-state index is 0.323. The number of halogens is 3. The summed E-state index contributed by atoms with van der Waals surface area (Å²) >= 11 is 0. The fraction of sp³-hybridized carbons (Fsp3) is 0.100. The zero-order valence-electron chi connectivity index (χ0n) is 19.6. The van der Waals surface area contributed by atoms with Gasteiger partial charge in [0.25, 0.3) is 0 Å². The maximum Gasteiger partial charge on any atom is 0.339 e. The molecule has 0 aliphatic heterocycles. The Morgan fingerprint density at radius 2 is 1.25 bits per heavy atom. The molecule has 0 saturated heterocycles. The molecule has 0 aliphatic carbocycles. The molecule has 0 radical (unpaired) electrons. The second kappa shape index (κ2) is 10.8. The van der Waals surface area contributed by atoms with E-state index in [1.807, 2.05) is 48.5 Å². The van der Waals surface area contributed by atoms with Gasteiger partial charge in [0.2, 0.25) is 0 Å². The van der Waals surface area contributed by atoms with E-state index in [1.54, 1.807) is 12.1 Å². The summed E-state index contributed by atoms with van der Waals surface area (Å²) in [6.07, 6.45) is 0. The molecule has 0 unspecified atom stereocenters. The van der Waals surface area contributed by atoms with Crippen molar-refractivity contribution < 1.29 is 22.7 Å². The minimum Gasteiger partial charge on any atom is -0.443 e. The van der Waals surface area contributed by atoms with Gasteiger partial charge in [-0.3, -0.25) is 0 Å². The number of carbonyl (C=O) groups is 1. The highest BCUT2D eigenvalue weighted by Crippen LogP contribution is 2.31. The molecule has 4 aromatic carbocycles. The third kappa shape index (κ3) is 5.81. The van der Waals surface area contributed by atoms with Crippen molar-refractivity contribution in [2.75, 3.05) is 0 Å². The molecule has 0 fully saturated rings. The maximum absolute atomic E-state index is 13.9. The predicted molar refractivity (Wildman–Crippen MR) is 134 cm³/mol. The van der Waals surface area contributed by atoms with Gasteiger partial charge in [0.15, 0.2) is 37.7 Å². The Morgan fingerprint density at radius 1 is 0.722 bits per heavy atom. The molecule has 0 bridgehead atoms. The van der Waals surface area contributed by atoms with Gasteiger partial charge in [-0.05, 0) is 74.5 Å². The summed E-state index contributed by atoms with van der Waals surface area (Å²) in [7, 11) is -0.353. The Morgan fingerprint density at radius 3 is 1.81 bits per heavy atom. The van der Waals surface area contributed by atoms with Crippen molar-refractivity contribution in [3.8, 4) is 11.8 Å². The number of esters is 1. The van der Waals surface area contributed by atoms with Crippen molar-refractivity contribution in [2.24, 2.45) is 0 Å². The van der Waals surface area contributed by atoms with Gasteiger partial charge < -0.3 is 4.74 Å². The third-order valence-corrected chi connectivity index (χ3v) is 7.40. The van der Waals surface area contributed by atoms with E-state index in [0.717, 1.165) is 26.8 Å². The molecule has 0 saturated carbocycles. The average molecular weight is 504 g/mol. The molecule has 0 spiro atoms. The second-order valence-corrected chi connectivity index (χ2v) is 10.4. The van der Waals surface area contributed by atoms with Crippen LogP contribution in [-0.2, 0) is 15.6 Å². The molecule has 180 valence electrons. The van der Waals surface area contributed by atoms with E-state index in [1.165, 1.54) is 13.8 Å². The van der Waals surface area contributed by atoms with Gasteiger partial charge in [-0.2, -0.15) is 0 Å². The van der Waals surface area contributed by atoms with E-state index in [0.29, 0.717) is 5.56 Å². The topological polar surface area (TPSA) is 26.3 Å². The van der Waals surface area contributed by atoms with Crippen LogP contribution in [0.1, 0.15) is 29.8 Å². The number of carbonyl (C=O) groups excluding carboxylic acids is 1. The fourth-order valence-electron chi connectivity index (χ4n) is 3.40. The second-order valence-electron chi connectivity index (χ2n) is 8.33. The molecule has 6 heteroatoms. The van der Waals surface area contributed by atoms with Gasteiger partial charge >= 0.3 is 5.97 Å². The fourth-order valence-corrected chi connectivity index (χ4v) is 5.49. The van der Waals surface area contributed by atoms with Crippen LogP contribution in [0.3, 0.4) is 0 Å². The standard InChI is InChI=1S/C30H22F3O2S/c1-30(2,20-19-21-15-18-26(31)28(33)27(21)32)35-29(34)22-13-16-25(17-14-22)36(23-9-5-3-6-10-23)24-11-7-4-8-12-24/h3-18H,1-2H3/q+1. The van der Waals surface area contributed by atoms with Crippen molar-refractivity contribution in [2.45, 2.75) is 34.1 Å². The molecule has 0 aromatic heterocycles. The van der Waals surface area contributed by atoms with Gasteiger partial charge in [-0.25, -0.2) is 18.0 Å². The molecule has 4 rings (SSSR count). The van der Waals surface area contributed by atoms with Gasteiger partial charge in [0.05, 0.1) is 22.0 Å². The molecular weight excluding hydrogens is 481 g/mol. The summed E-state index contributed by atoms with van der Waals surface area (Å²) in [6, 6.07) is 29.3. The van der Waals surface area contributed by atoms with Crippen molar-refractivity contribution in [1.82, 2.24) is 0 Å². The highest BCUT2D eigenvalue weighted by atomic mass is 32.2. The van der Waals surface area contributed by atoms with Crippen LogP contribution >= 0.6 is 0 Å². The number of hydrogen-bond donors (Lipinski definition) is 0. The molecule has 0 atom stereocenters. The van der Waals surface area contributed by atoms with Crippen LogP contribution in [0, 0.1) is 29.3 Å². The largest absolute Gasteiger partial charge is 0.443 e. The summed E-state index contributed by atoms with van der Waals surface area (Å²) in [5.74, 6) is 0.166. The van der Waals surface area contributed by atoms with Crippen molar-refractivity contribution in [3.63, 3.8) is 0 Å². The van der Waals surface area contributed by atoms with Crippen molar-refractivity contribution in [1.29, 1.82) is 0 Å². The highest BCUT2D eigenvalue weighted by molar-refractivity contribution is 7.97. The molecule has 36 heavy (non-hydrogen) atoms. The first kappa shape index (κ1) is 25.2. The van der Waals surface area contributed by atoms with Crippen LogP contribution < -0.4 is 0 Å². The van der Waals surface area contributed by atoms with Crippen molar-refractivity contribution in [3.05, 3.63) is 126 Å². The Balaban J connectivity index is 1.54. The number of benzene rings is 4. The normalized spacial score (nSPS) is 11.1. The summed E-state index contributed by atoms with van der Waals surface area (Å²) in [4.78, 5) is 16.1. The zero-order valence-corrected chi connectivity index (χ0v) is 20.4. The van der Waals surface area contributed by atoms with E-state index in [-0.39, 0.29) is 16.5 Å². The van der Waals surface area contributed by atoms with E-state index in [2.05, 4.69) is 36.1 Å². The lowest BCUT2D eigenvalue weighted by Crippen LogP contribution is -2.26. The molecular formula is C30H22F3O2S+. The monoisotopic (exact) mass is 503 g/mol. The summed E-state index contributed by atoms with van der Waals surface area (Å²) in [6.45, 7) is 3.07. The van der Waals surface area contributed by atoms with E-state index < -0.39 is 29.0 Å². The SMILES string of the molecule is CC(C)(C#Cc1ccc(F)c(F)c1F)OC(=O)c1ccc([S+](c2ccccc2)c2ccccc2)cc1. The van der Waals surface area contributed by atoms with E-state index in [9.17, 15) is 18.0 Å². The lowest BCUT2D eigenvalue weighted by molar-refractivity contribution is 0.0204. The van der Waals surface area contributed by atoms with Gasteiger partial charge in [-0.1, -0.05) is 48.2 Å². The number of ether oxygens (including phenoxy) is 1. The molecule has 0 aliphatic rings. The molecule has 4 aromatic rings. The van der Waals surface area contributed by atoms with Crippen molar-refractivity contribution >= 4 is 16.9 Å². The van der Waals surface area contributed by atoms with E-state index >= 15 is 0 Å². The quantitative estimate of drug-likeness (QED) is 0.125. The Kier molecular flexibility index (Phi) is 7.52. The Labute approximate surface area is 211 Å². The first-order chi connectivity index (χ1) is 17.2. The van der Waals surface area contributed by atoms with Crippen LogP contribution in [0.15, 0.2) is 112 Å². The third-order valence-electron chi connectivity index (χ3n) is 5.16. The predicted octanol–water partition coefficient (Wildman–Crippen LogP) is 7.19. The van der Waals surface area contributed by atoms with Crippen LogP contribution in [0.4, 0.5) is 13.2 Å². The lowest BCUT2D eigenvalue weighted by Gasteiger charge is -2.19. The summed E-state index contributed by atoms with van der Waals surface area (Å²) in [5.41, 5.74) is -1.29. The number of rotatable bonds is 5. The van der Waals surface area contributed by atoms with Crippen LogP contribution in [-0.4, -0.2) is 11.6 Å². The first-order valence-corrected chi connectivity index (χ1v) is 12.3. The number of hydrogen-bond acceptors (Lipinski definition) is 2.